The van der Waals surface area contributed by atoms with Gasteiger partial charge in [0.15, 0.2) is 4.34 Å². The van der Waals surface area contributed by atoms with E-state index in [1.165, 1.54) is 51.1 Å². The molecule has 158 valence electrons. The highest BCUT2D eigenvalue weighted by molar-refractivity contribution is 8.01. The lowest BCUT2D eigenvalue weighted by Crippen LogP contribution is -2.70. The number of amides is 2. The molecule has 4 heterocycles. The quantitative estimate of drug-likeness (QED) is 0.404. The fourth-order valence-electron chi connectivity index (χ4n) is 2.97. The van der Waals surface area contributed by atoms with E-state index in [1.807, 2.05) is 0 Å². The van der Waals surface area contributed by atoms with Gasteiger partial charge in [-0.1, -0.05) is 29.2 Å². The van der Waals surface area contributed by atoms with Crippen LogP contribution in [-0.2, 0) is 25.2 Å². The van der Waals surface area contributed by atoms with Crippen LogP contribution in [0.4, 0.5) is 0 Å². The van der Waals surface area contributed by atoms with Crippen molar-refractivity contribution in [1.82, 2.24) is 20.4 Å². The van der Waals surface area contributed by atoms with E-state index in [1.54, 1.807) is 23.0 Å². The first-order valence-electron chi connectivity index (χ1n) is 8.46. The van der Waals surface area contributed by atoms with Crippen LogP contribution in [0.2, 0.25) is 0 Å². The molecule has 4 rings (SSSR count). The standard InChI is InChI=1S/C16H14N4O5S5/c21-9(6-30(25)10-2-1-3-26-10)18-11-13(22)20-12(15(23)24)8(4-27-14(11)20)5-28-16-19-17-7-29-16/h1-3,7,11,14H,4-6H2,(H,18,21)(H,23,24)/t11?,14-,30?/m1/s1. The van der Waals surface area contributed by atoms with Crippen molar-refractivity contribution >= 4 is 74.8 Å². The molecule has 2 N–H and O–H groups in total. The van der Waals surface area contributed by atoms with Gasteiger partial charge >= 0.3 is 5.97 Å². The minimum atomic E-state index is -1.48. The van der Waals surface area contributed by atoms with Crippen molar-refractivity contribution in [2.75, 3.05) is 17.3 Å². The van der Waals surface area contributed by atoms with Crippen LogP contribution in [0.3, 0.4) is 0 Å². The van der Waals surface area contributed by atoms with Crippen LogP contribution in [0.15, 0.2) is 42.8 Å². The van der Waals surface area contributed by atoms with E-state index in [4.69, 9.17) is 0 Å². The summed E-state index contributed by atoms with van der Waals surface area (Å²) in [6.07, 6.45) is 0. The molecule has 2 aliphatic rings. The topological polar surface area (TPSA) is 130 Å². The number of carbonyl (C=O) groups is 3. The van der Waals surface area contributed by atoms with Gasteiger partial charge in [-0.2, -0.15) is 0 Å². The van der Waals surface area contributed by atoms with E-state index in [0.717, 1.165) is 4.34 Å². The number of fused-ring (bicyclic) bond motifs is 1. The van der Waals surface area contributed by atoms with Gasteiger partial charge in [-0.3, -0.25) is 18.7 Å². The van der Waals surface area contributed by atoms with Crippen LogP contribution in [0, 0.1) is 0 Å². The second-order valence-electron chi connectivity index (χ2n) is 6.13. The van der Waals surface area contributed by atoms with Crippen molar-refractivity contribution in [2.24, 2.45) is 0 Å². The Labute approximate surface area is 189 Å². The maximum atomic E-state index is 12.6. The number of rotatable bonds is 8. The summed E-state index contributed by atoms with van der Waals surface area (Å²) in [5.41, 5.74) is 2.19. The number of carboxylic acid groups (broad SMARTS) is 1. The van der Waals surface area contributed by atoms with Crippen LogP contribution in [0.25, 0.3) is 0 Å². The molecule has 2 unspecified atom stereocenters. The van der Waals surface area contributed by atoms with Gasteiger partial charge < -0.3 is 10.4 Å². The Balaban J connectivity index is 1.41. The highest BCUT2D eigenvalue weighted by atomic mass is 32.2. The van der Waals surface area contributed by atoms with Gasteiger partial charge in [0.25, 0.3) is 5.91 Å². The number of aromatic nitrogens is 2. The van der Waals surface area contributed by atoms with Gasteiger partial charge in [0.05, 0.1) is 15.0 Å². The molecule has 9 nitrogen and oxygen atoms in total. The van der Waals surface area contributed by atoms with Crippen molar-refractivity contribution in [3.63, 3.8) is 0 Å². The number of thiophene rings is 1. The first kappa shape index (κ1) is 21.5. The molecule has 0 aliphatic carbocycles. The molecule has 2 aliphatic heterocycles. The van der Waals surface area contributed by atoms with E-state index >= 15 is 0 Å². The van der Waals surface area contributed by atoms with Crippen molar-refractivity contribution in [1.29, 1.82) is 0 Å². The highest BCUT2D eigenvalue weighted by Gasteiger charge is 2.54. The van der Waals surface area contributed by atoms with Crippen molar-refractivity contribution in [3.05, 3.63) is 34.3 Å². The summed E-state index contributed by atoms with van der Waals surface area (Å²) >= 11 is 5.43. The van der Waals surface area contributed by atoms with Crippen LogP contribution in [-0.4, -0.2) is 70.9 Å². The number of hydrogen-bond donors (Lipinski definition) is 2. The molecule has 0 bridgehead atoms. The minimum Gasteiger partial charge on any atom is -0.477 e. The molecule has 30 heavy (non-hydrogen) atoms. The summed E-state index contributed by atoms with van der Waals surface area (Å²) in [6, 6.07) is 2.61. The number of β-lactam (4-membered cyclic amide) rings is 1. The zero-order valence-corrected chi connectivity index (χ0v) is 19.1. The van der Waals surface area contributed by atoms with Crippen LogP contribution in [0.1, 0.15) is 0 Å². The normalized spacial score (nSPS) is 21.7. The molecule has 2 amide bonds. The molecule has 2 aromatic heterocycles. The lowest BCUT2D eigenvalue weighted by Gasteiger charge is -2.49. The lowest BCUT2D eigenvalue weighted by atomic mass is 10.0. The Kier molecular flexibility index (Phi) is 6.57. The minimum absolute atomic E-state index is 0.0339. The van der Waals surface area contributed by atoms with E-state index < -0.39 is 40.0 Å². The predicted molar refractivity (Wildman–Crippen MR) is 116 cm³/mol. The molecule has 2 aromatic rings. The Morgan fingerprint density at radius 3 is 2.90 bits per heavy atom. The monoisotopic (exact) mass is 502 g/mol. The van der Waals surface area contributed by atoms with Gasteiger partial charge in [0.2, 0.25) is 5.91 Å². The lowest BCUT2D eigenvalue weighted by molar-refractivity contribution is -0.150. The largest absolute Gasteiger partial charge is 0.477 e. The summed E-state index contributed by atoms with van der Waals surface area (Å²) in [6.45, 7) is 0. The van der Waals surface area contributed by atoms with Gasteiger partial charge in [-0.25, -0.2) is 4.79 Å². The van der Waals surface area contributed by atoms with Crippen molar-refractivity contribution < 1.29 is 23.7 Å². The fraction of sp³-hybridized carbons (Fsp3) is 0.312. The first-order valence-corrected chi connectivity index (χ1v) is 13.6. The summed E-state index contributed by atoms with van der Waals surface area (Å²) in [4.78, 5) is 38.0. The second-order valence-corrected chi connectivity index (χ2v) is 11.9. The van der Waals surface area contributed by atoms with E-state index in [0.29, 0.717) is 21.3 Å². The van der Waals surface area contributed by atoms with Gasteiger partial charge in [0.1, 0.15) is 28.4 Å². The van der Waals surface area contributed by atoms with E-state index in [2.05, 4.69) is 15.5 Å². The molecular weight excluding hydrogens is 489 g/mol. The third-order valence-electron chi connectivity index (χ3n) is 4.26. The number of nitrogens with one attached hydrogen (secondary N) is 1. The number of hydrogen-bond acceptors (Lipinski definition) is 10. The first-order chi connectivity index (χ1) is 14.5. The van der Waals surface area contributed by atoms with Gasteiger partial charge in [-0.15, -0.1) is 33.3 Å². The zero-order chi connectivity index (χ0) is 21.3. The smallest absolute Gasteiger partial charge is 0.352 e. The number of aliphatic carboxylic acids is 1. The number of nitrogens with zero attached hydrogens (tertiary/aromatic N) is 3. The maximum absolute atomic E-state index is 12.6. The average molecular weight is 503 g/mol. The second kappa shape index (κ2) is 9.18. The molecule has 1 saturated heterocycles. The van der Waals surface area contributed by atoms with Crippen molar-refractivity contribution in [3.8, 4) is 0 Å². The van der Waals surface area contributed by atoms with Crippen LogP contribution in [0.5, 0.6) is 0 Å². The van der Waals surface area contributed by atoms with Gasteiger partial charge in [-0.05, 0) is 17.0 Å². The summed E-state index contributed by atoms with van der Waals surface area (Å²) < 4.78 is 13.5. The van der Waals surface area contributed by atoms with E-state index in [9.17, 15) is 23.7 Å². The highest BCUT2D eigenvalue weighted by Crippen LogP contribution is 2.41. The zero-order valence-electron chi connectivity index (χ0n) is 15.0. The van der Waals surface area contributed by atoms with Crippen molar-refractivity contribution in [2.45, 2.75) is 20.0 Å². The average Bonchev–Trinajstić information content (AvgIpc) is 3.43. The molecule has 0 saturated carbocycles. The fourth-order valence-corrected chi connectivity index (χ4v) is 7.86. The number of carboxylic acids is 1. The third kappa shape index (κ3) is 4.32. The molecule has 0 aromatic carbocycles. The number of carbonyl (C=O) groups excluding carboxylic acids is 2. The molecule has 1 fully saturated rings. The van der Waals surface area contributed by atoms with Crippen LogP contribution < -0.4 is 5.32 Å². The summed E-state index contributed by atoms with van der Waals surface area (Å²) in [5, 5.41) is 21.2. The SMILES string of the molecule is O=C(CS(=O)c1cccs1)NC1C(=O)N2C(C(=O)O)=C(CSc3nncs3)CS[C@H]12. The summed E-state index contributed by atoms with van der Waals surface area (Å²) in [7, 11) is -1.48. The molecule has 14 heteroatoms. The van der Waals surface area contributed by atoms with Crippen LogP contribution >= 0.6 is 46.2 Å². The Morgan fingerprint density at radius 2 is 2.23 bits per heavy atom. The Morgan fingerprint density at radius 1 is 1.40 bits per heavy atom. The molecule has 3 atom stereocenters. The maximum Gasteiger partial charge on any atom is 0.352 e. The predicted octanol–water partition coefficient (Wildman–Crippen LogP) is 1.24. The Bertz CT molecular complexity index is 1020. The van der Waals surface area contributed by atoms with E-state index in [-0.39, 0.29) is 11.4 Å². The molecule has 0 spiro atoms. The molecule has 0 radical (unpaired) electrons. The Hall–Kier alpha value is -1.74. The number of thioether (sulfide) groups is 2. The van der Waals surface area contributed by atoms with Gasteiger partial charge in [0, 0.05) is 11.5 Å². The molecular formula is C16H14N4O5S5. The third-order valence-corrected chi connectivity index (χ3v) is 10.2. The summed E-state index contributed by atoms with van der Waals surface area (Å²) in [5.74, 6) is -1.58.